The van der Waals surface area contributed by atoms with Gasteiger partial charge in [0, 0.05) is 23.2 Å². The number of ether oxygens (including phenoxy) is 1. The number of hydrogen-bond acceptors (Lipinski definition) is 8. The van der Waals surface area contributed by atoms with Crippen molar-refractivity contribution in [2.24, 2.45) is 0 Å². The molecule has 29 heavy (non-hydrogen) atoms. The molecule has 0 saturated carbocycles. The van der Waals surface area contributed by atoms with Crippen molar-refractivity contribution in [3.63, 3.8) is 0 Å². The average molecular weight is 389 g/mol. The van der Waals surface area contributed by atoms with E-state index in [1.54, 1.807) is 19.1 Å². The van der Waals surface area contributed by atoms with Crippen LogP contribution in [0.5, 0.6) is 5.75 Å². The Morgan fingerprint density at radius 1 is 1.07 bits per heavy atom. The van der Waals surface area contributed by atoms with Crippen LogP contribution in [-0.4, -0.2) is 15.0 Å². The highest BCUT2D eigenvalue weighted by Crippen LogP contribution is 2.26. The van der Waals surface area contributed by atoms with Crippen molar-refractivity contribution in [1.82, 2.24) is 15.0 Å². The molecule has 1 atom stereocenters. The lowest BCUT2D eigenvalue weighted by molar-refractivity contribution is 0.216. The molecule has 0 saturated heterocycles. The molecule has 0 unspecified atom stereocenters. The van der Waals surface area contributed by atoms with Crippen LogP contribution < -0.4 is 21.4 Å². The van der Waals surface area contributed by atoms with E-state index in [2.05, 4.69) is 20.3 Å². The van der Waals surface area contributed by atoms with E-state index >= 15 is 0 Å². The Bertz CT molecular complexity index is 1220. The molecular weight excluding hydrogens is 370 g/mol. The first-order valence-electron chi connectivity index (χ1n) is 9.02. The van der Waals surface area contributed by atoms with Gasteiger partial charge in [-0.05, 0) is 43.7 Å². The average Bonchev–Trinajstić information content (AvgIpc) is 2.68. The molecular formula is C21H19N5O3. The summed E-state index contributed by atoms with van der Waals surface area (Å²) in [4.78, 5) is 24.3. The van der Waals surface area contributed by atoms with Gasteiger partial charge in [0.25, 0.3) is 0 Å². The van der Waals surface area contributed by atoms with E-state index in [1.165, 1.54) is 6.07 Å². The van der Waals surface area contributed by atoms with Crippen LogP contribution in [0.25, 0.3) is 11.0 Å². The normalized spacial score (nSPS) is 11.9. The Morgan fingerprint density at radius 3 is 2.66 bits per heavy atom. The first-order valence-corrected chi connectivity index (χ1v) is 9.02. The van der Waals surface area contributed by atoms with E-state index in [4.69, 9.17) is 14.9 Å². The van der Waals surface area contributed by atoms with Gasteiger partial charge in [0.15, 0.2) is 11.9 Å². The highest BCUT2D eigenvalue weighted by molar-refractivity contribution is 5.81. The van der Waals surface area contributed by atoms with Gasteiger partial charge in [-0.2, -0.15) is 15.0 Å². The molecule has 0 bridgehead atoms. The summed E-state index contributed by atoms with van der Waals surface area (Å²) in [5, 5.41) is 3.94. The molecule has 2 aromatic carbocycles. The highest BCUT2D eigenvalue weighted by atomic mass is 16.5. The molecule has 0 radical (unpaired) electrons. The third kappa shape index (κ3) is 4.16. The minimum absolute atomic E-state index is 0.0871. The smallest absolute Gasteiger partial charge is 0.336 e. The zero-order valence-electron chi connectivity index (χ0n) is 15.9. The topological polar surface area (TPSA) is 116 Å². The van der Waals surface area contributed by atoms with E-state index in [-0.39, 0.29) is 5.95 Å². The number of anilines is 3. The largest absolute Gasteiger partial charge is 0.483 e. The lowest BCUT2D eigenvalue weighted by atomic mass is 10.1. The number of nitrogens with two attached hydrogens (primary N) is 1. The second-order valence-corrected chi connectivity index (χ2v) is 6.53. The number of aromatic nitrogens is 3. The number of rotatable bonds is 5. The van der Waals surface area contributed by atoms with Crippen molar-refractivity contribution in [3.05, 3.63) is 76.4 Å². The molecule has 4 rings (SSSR count). The van der Waals surface area contributed by atoms with Crippen LogP contribution in [-0.2, 0) is 0 Å². The maximum atomic E-state index is 11.6. The molecule has 2 aromatic heterocycles. The van der Waals surface area contributed by atoms with Gasteiger partial charge in [0.1, 0.15) is 11.3 Å². The SMILES string of the molecule is Cc1cc(=O)oc2cc(O[C@@H](C)c3nc(N)nc(Nc4ccccc4)n3)ccc12. The summed E-state index contributed by atoms with van der Waals surface area (Å²) < 4.78 is 11.2. The number of benzene rings is 2. The molecule has 8 nitrogen and oxygen atoms in total. The van der Waals surface area contributed by atoms with Gasteiger partial charge in [0.05, 0.1) is 0 Å². The monoisotopic (exact) mass is 389 g/mol. The van der Waals surface area contributed by atoms with Crippen LogP contribution >= 0.6 is 0 Å². The Balaban J connectivity index is 1.59. The van der Waals surface area contributed by atoms with Crippen molar-refractivity contribution < 1.29 is 9.15 Å². The minimum Gasteiger partial charge on any atom is -0.483 e. The van der Waals surface area contributed by atoms with Gasteiger partial charge < -0.3 is 20.2 Å². The van der Waals surface area contributed by atoms with Crippen molar-refractivity contribution in [2.75, 3.05) is 11.1 Å². The van der Waals surface area contributed by atoms with Gasteiger partial charge in [-0.1, -0.05) is 18.2 Å². The quantitative estimate of drug-likeness (QED) is 0.496. The zero-order chi connectivity index (χ0) is 20.4. The number of para-hydroxylation sites is 1. The van der Waals surface area contributed by atoms with Crippen LogP contribution in [0.3, 0.4) is 0 Å². The number of hydrogen-bond donors (Lipinski definition) is 2. The van der Waals surface area contributed by atoms with Crippen LogP contribution in [0.1, 0.15) is 24.4 Å². The van der Waals surface area contributed by atoms with Crippen LogP contribution in [0, 0.1) is 6.92 Å². The summed E-state index contributed by atoms with van der Waals surface area (Å²) in [7, 11) is 0. The molecule has 0 aliphatic rings. The van der Waals surface area contributed by atoms with Crippen LogP contribution in [0.4, 0.5) is 17.6 Å². The summed E-state index contributed by atoms with van der Waals surface area (Å²) >= 11 is 0. The molecule has 146 valence electrons. The van der Waals surface area contributed by atoms with Crippen LogP contribution in [0.2, 0.25) is 0 Å². The molecule has 2 heterocycles. The van der Waals surface area contributed by atoms with E-state index in [0.29, 0.717) is 23.1 Å². The van der Waals surface area contributed by atoms with E-state index < -0.39 is 11.7 Å². The van der Waals surface area contributed by atoms with Crippen LogP contribution in [0.15, 0.2) is 63.8 Å². The fraction of sp³-hybridized carbons (Fsp3) is 0.143. The molecule has 4 aromatic rings. The number of aryl methyl sites for hydroxylation is 1. The van der Waals surface area contributed by atoms with Gasteiger partial charge in [-0.25, -0.2) is 4.79 Å². The van der Waals surface area contributed by atoms with Crippen molar-refractivity contribution >= 4 is 28.6 Å². The Hall–Kier alpha value is -3.94. The standard InChI is InChI=1S/C21H19N5O3/c1-12-10-18(27)29-17-11-15(8-9-16(12)17)28-13(2)19-24-20(22)26-21(25-19)23-14-6-4-3-5-7-14/h3-11,13H,1-2H3,(H3,22,23,24,25,26)/t13-/m0/s1. The number of nitrogen functional groups attached to an aromatic ring is 1. The minimum atomic E-state index is -0.509. The summed E-state index contributed by atoms with van der Waals surface area (Å²) in [6.07, 6.45) is -0.509. The van der Waals surface area contributed by atoms with Crippen molar-refractivity contribution in [2.45, 2.75) is 20.0 Å². The van der Waals surface area contributed by atoms with Crippen molar-refractivity contribution in [1.29, 1.82) is 0 Å². The fourth-order valence-corrected chi connectivity index (χ4v) is 2.93. The maximum absolute atomic E-state index is 11.6. The van der Waals surface area contributed by atoms with Gasteiger partial charge in [-0.3, -0.25) is 0 Å². The first kappa shape index (κ1) is 18.4. The maximum Gasteiger partial charge on any atom is 0.336 e. The van der Waals surface area contributed by atoms with Crippen molar-refractivity contribution in [3.8, 4) is 5.75 Å². The predicted octanol–water partition coefficient (Wildman–Crippen LogP) is 3.75. The van der Waals surface area contributed by atoms with Gasteiger partial charge in [0.2, 0.25) is 11.9 Å². The Labute approximate surface area is 166 Å². The zero-order valence-corrected chi connectivity index (χ0v) is 15.9. The first-order chi connectivity index (χ1) is 14.0. The molecule has 3 N–H and O–H groups in total. The molecule has 0 aliphatic carbocycles. The summed E-state index contributed by atoms with van der Waals surface area (Å²) in [5.41, 5.74) is 7.58. The van der Waals surface area contributed by atoms with Gasteiger partial charge in [-0.15, -0.1) is 0 Å². The highest BCUT2D eigenvalue weighted by Gasteiger charge is 2.15. The fourth-order valence-electron chi connectivity index (χ4n) is 2.93. The number of fused-ring (bicyclic) bond motifs is 1. The third-order valence-electron chi connectivity index (χ3n) is 4.30. The molecule has 0 fully saturated rings. The Kier molecular flexibility index (Phi) is 4.82. The predicted molar refractivity (Wildman–Crippen MR) is 110 cm³/mol. The van der Waals surface area contributed by atoms with Gasteiger partial charge >= 0.3 is 5.63 Å². The molecule has 0 aliphatic heterocycles. The Morgan fingerprint density at radius 2 is 1.86 bits per heavy atom. The van der Waals surface area contributed by atoms with E-state index in [1.807, 2.05) is 43.3 Å². The van der Waals surface area contributed by atoms with E-state index in [0.717, 1.165) is 16.6 Å². The molecule has 0 spiro atoms. The summed E-state index contributed by atoms with van der Waals surface area (Å²) in [5.74, 6) is 1.32. The second-order valence-electron chi connectivity index (χ2n) is 6.53. The lowest BCUT2D eigenvalue weighted by Crippen LogP contribution is -2.13. The molecule has 0 amide bonds. The van der Waals surface area contributed by atoms with E-state index in [9.17, 15) is 4.79 Å². The molecule has 8 heteroatoms. The number of nitrogens with one attached hydrogen (secondary N) is 1. The summed E-state index contributed by atoms with van der Waals surface area (Å²) in [6, 6.07) is 16.3. The second kappa shape index (κ2) is 7.59. The summed E-state index contributed by atoms with van der Waals surface area (Å²) in [6.45, 7) is 3.66. The lowest BCUT2D eigenvalue weighted by Gasteiger charge is -2.15. The third-order valence-corrected chi connectivity index (χ3v) is 4.30. The number of nitrogens with zero attached hydrogens (tertiary/aromatic N) is 3.